The summed E-state index contributed by atoms with van der Waals surface area (Å²) in [5, 5.41) is 8.75. The molecule has 0 aliphatic carbocycles. The van der Waals surface area contributed by atoms with Crippen molar-refractivity contribution in [3.05, 3.63) is 29.6 Å². The van der Waals surface area contributed by atoms with E-state index in [1.807, 2.05) is 0 Å². The fraction of sp³-hybridized carbons (Fsp3) is 0.375. The molecule has 0 amide bonds. The van der Waals surface area contributed by atoms with E-state index in [0.717, 1.165) is 6.20 Å². The third kappa shape index (κ3) is 2.63. The summed E-state index contributed by atoms with van der Waals surface area (Å²) in [4.78, 5) is 3.08. The second kappa shape index (κ2) is 3.93. The number of hydrogen-bond acceptors (Lipinski definition) is 2. The molecule has 1 aromatic heterocycles. The van der Waals surface area contributed by atoms with E-state index in [4.69, 9.17) is 5.11 Å². The molecule has 1 N–H and O–H groups in total. The van der Waals surface area contributed by atoms with Crippen molar-refractivity contribution in [1.82, 2.24) is 4.98 Å². The number of halogens is 6. The smallest absolute Gasteiger partial charge is 0.379 e. The van der Waals surface area contributed by atoms with E-state index in [1.165, 1.54) is 0 Å². The minimum Gasteiger partial charge on any atom is -0.379 e. The van der Waals surface area contributed by atoms with Crippen LogP contribution in [0.25, 0.3) is 0 Å². The van der Waals surface area contributed by atoms with Gasteiger partial charge in [-0.3, -0.25) is 4.98 Å². The number of aromatic nitrogens is 1. The van der Waals surface area contributed by atoms with Gasteiger partial charge in [0.25, 0.3) is 0 Å². The lowest BCUT2D eigenvalue weighted by molar-refractivity contribution is -0.209. The molecule has 1 atom stereocenters. The van der Waals surface area contributed by atoms with E-state index in [1.54, 1.807) is 0 Å². The van der Waals surface area contributed by atoms with Crippen molar-refractivity contribution in [2.24, 2.45) is 0 Å². The van der Waals surface area contributed by atoms with Crippen LogP contribution in [0.4, 0.5) is 26.3 Å². The number of rotatable bonds is 1. The molecule has 1 rings (SSSR count). The second-order valence-electron chi connectivity index (χ2n) is 2.90. The summed E-state index contributed by atoms with van der Waals surface area (Å²) in [5.74, 6) is 0. The standard InChI is InChI=1S/C8H5F6NO/c9-7(10,11)5-3-15-2-1-4(5)6(16)8(12,13)14/h1-3,6,16H/t6-/m1/s1. The maximum atomic E-state index is 12.3. The van der Waals surface area contributed by atoms with Crippen molar-refractivity contribution in [3.8, 4) is 0 Å². The Morgan fingerprint density at radius 3 is 2.12 bits per heavy atom. The van der Waals surface area contributed by atoms with Crippen molar-refractivity contribution >= 4 is 0 Å². The molecule has 0 saturated heterocycles. The molecule has 0 saturated carbocycles. The molecule has 16 heavy (non-hydrogen) atoms. The van der Waals surface area contributed by atoms with E-state index in [0.29, 0.717) is 6.07 Å². The maximum Gasteiger partial charge on any atom is 0.418 e. The fourth-order valence-corrected chi connectivity index (χ4v) is 1.06. The Kier molecular flexibility index (Phi) is 3.13. The highest BCUT2D eigenvalue weighted by atomic mass is 19.4. The molecule has 0 unspecified atom stereocenters. The van der Waals surface area contributed by atoms with Crippen LogP contribution in [0.2, 0.25) is 0 Å². The Hall–Kier alpha value is -1.31. The molecular formula is C8H5F6NO. The van der Waals surface area contributed by atoms with Gasteiger partial charge in [0.05, 0.1) is 5.56 Å². The summed E-state index contributed by atoms with van der Waals surface area (Å²) in [5.41, 5.74) is -2.85. The zero-order valence-electron chi connectivity index (χ0n) is 7.47. The van der Waals surface area contributed by atoms with Crippen LogP contribution >= 0.6 is 0 Å². The summed E-state index contributed by atoms with van der Waals surface area (Å²) < 4.78 is 73.0. The number of hydrogen-bond donors (Lipinski definition) is 1. The quantitative estimate of drug-likeness (QED) is 0.771. The molecule has 0 spiro atoms. The van der Waals surface area contributed by atoms with Crippen LogP contribution in [0.15, 0.2) is 18.5 Å². The third-order valence-corrected chi connectivity index (χ3v) is 1.76. The Morgan fingerprint density at radius 1 is 1.12 bits per heavy atom. The van der Waals surface area contributed by atoms with Crippen molar-refractivity contribution in [2.75, 3.05) is 0 Å². The lowest BCUT2D eigenvalue weighted by Gasteiger charge is -2.18. The van der Waals surface area contributed by atoms with Crippen LogP contribution in [0.1, 0.15) is 17.2 Å². The Morgan fingerprint density at radius 2 is 1.69 bits per heavy atom. The number of nitrogens with zero attached hydrogens (tertiary/aromatic N) is 1. The van der Waals surface area contributed by atoms with E-state index in [-0.39, 0.29) is 6.20 Å². The van der Waals surface area contributed by atoms with Gasteiger partial charge in [-0.05, 0) is 6.07 Å². The summed E-state index contributed by atoms with van der Waals surface area (Å²) in [6.45, 7) is 0. The summed E-state index contributed by atoms with van der Waals surface area (Å²) in [6, 6.07) is 0.487. The van der Waals surface area contributed by atoms with Crippen LogP contribution in [-0.4, -0.2) is 16.3 Å². The highest BCUT2D eigenvalue weighted by Gasteiger charge is 2.44. The molecule has 0 aliphatic rings. The van der Waals surface area contributed by atoms with E-state index >= 15 is 0 Å². The van der Waals surface area contributed by atoms with Gasteiger partial charge in [0.2, 0.25) is 0 Å². The summed E-state index contributed by atoms with van der Waals surface area (Å²) in [6.07, 6.45) is -12.3. The second-order valence-corrected chi connectivity index (χ2v) is 2.90. The topological polar surface area (TPSA) is 33.1 Å². The summed E-state index contributed by atoms with van der Waals surface area (Å²) in [7, 11) is 0. The van der Waals surface area contributed by atoms with Crippen LogP contribution in [-0.2, 0) is 6.18 Å². The molecule has 2 nitrogen and oxygen atoms in total. The van der Waals surface area contributed by atoms with Gasteiger partial charge in [0.1, 0.15) is 0 Å². The molecule has 0 fully saturated rings. The van der Waals surface area contributed by atoms with E-state index < -0.39 is 29.6 Å². The average Bonchev–Trinajstić information content (AvgIpc) is 2.14. The van der Waals surface area contributed by atoms with Crippen LogP contribution in [0, 0.1) is 0 Å². The molecule has 8 heteroatoms. The number of pyridine rings is 1. The summed E-state index contributed by atoms with van der Waals surface area (Å²) >= 11 is 0. The van der Waals surface area contributed by atoms with Crippen LogP contribution < -0.4 is 0 Å². The van der Waals surface area contributed by atoms with Gasteiger partial charge in [-0.25, -0.2) is 0 Å². The van der Waals surface area contributed by atoms with Crippen molar-refractivity contribution < 1.29 is 31.4 Å². The largest absolute Gasteiger partial charge is 0.418 e. The van der Waals surface area contributed by atoms with Crippen molar-refractivity contribution in [3.63, 3.8) is 0 Å². The third-order valence-electron chi connectivity index (χ3n) is 1.76. The normalized spacial score (nSPS) is 14.9. The maximum absolute atomic E-state index is 12.3. The first-order valence-electron chi connectivity index (χ1n) is 3.90. The predicted octanol–water partition coefficient (Wildman–Crippen LogP) is 2.70. The molecular weight excluding hydrogens is 240 g/mol. The van der Waals surface area contributed by atoms with Gasteiger partial charge >= 0.3 is 12.4 Å². The minimum atomic E-state index is -5.15. The first-order chi connectivity index (χ1) is 7.14. The van der Waals surface area contributed by atoms with Crippen LogP contribution in [0.3, 0.4) is 0 Å². The Bertz CT molecular complexity index is 372. The molecule has 0 bridgehead atoms. The molecule has 0 radical (unpaired) electrons. The zero-order valence-corrected chi connectivity index (χ0v) is 7.47. The number of aliphatic hydroxyl groups is 1. The lowest BCUT2D eigenvalue weighted by Crippen LogP contribution is -2.23. The van der Waals surface area contributed by atoms with Crippen molar-refractivity contribution in [1.29, 1.82) is 0 Å². The van der Waals surface area contributed by atoms with Gasteiger partial charge < -0.3 is 5.11 Å². The molecule has 1 heterocycles. The number of alkyl halides is 6. The Labute approximate surface area is 85.5 Å². The minimum absolute atomic E-state index is 0.240. The fourth-order valence-electron chi connectivity index (χ4n) is 1.06. The molecule has 0 aliphatic heterocycles. The first-order valence-corrected chi connectivity index (χ1v) is 3.90. The first kappa shape index (κ1) is 12.8. The van der Waals surface area contributed by atoms with Gasteiger partial charge in [-0.1, -0.05) is 0 Å². The molecule has 1 aromatic rings. The highest BCUT2D eigenvalue weighted by molar-refractivity contribution is 5.29. The SMILES string of the molecule is O[C@H](c1ccncc1C(F)(F)F)C(F)(F)F. The lowest BCUT2D eigenvalue weighted by atomic mass is 10.0. The zero-order chi connectivity index (χ0) is 12.6. The van der Waals surface area contributed by atoms with E-state index in [2.05, 4.69) is 4.98 Å². The van der Waals surface area contributed by atoms with Crippen molar-refractivity contribution in [2.45, 2.75) is 18.5 Å². The average molecular weight is 245 g/mol. The monoisotopic (exact) mass is 245 g/mol. The number of aliphatic hydroxyl groups excluding tert-OH is 1. The highest BCUT2D eigenvalue weighted by Crippen LogP contribution is 2.39. The van der Waals surface area contributed by atoms with Gasteiger partial charge in [-0.2, -0.15) is 26.3 Å². The van der Waals surface area contributed by atoms with Gasteiger partial charge in [-0.15, -0.1) is 0 Å². The van der Waals surface area contributed by atoms with Gasteiger partial charge in [0.15, 0.2) is 6.10 Å². The molecule has 0 aromatic carbocycles. The molecule has 90 valence electrons. The Balaban J connectivity index is 3.25. The van der Waals surface area contributed by atoms with Gasteiger partial charge in [0, 0.05) is 18.0 Å². The van der Waals surface area contributed by atoms with E-state index in [9.17, 15) is 26.3 Å². The predicted molar refractivity (Wildman–Crippen MR) is 40.3 cm³/mol. The van der Waals surface area contributed by atoms with Crippen LogP contribution in [0.5, 0.6) is 0 Å².